The minimum absolute atomic E-state index is 0.0116. The smallest absolute Gasteiger partial charge is 0.148 e. The quantitative estimate of drug-likeness (QED) is 0.557. The van der Waals surface area contributed by atoms with Crippen LogP contribution in [0.1, 0.15) is 19.8 Å². The van der Waals surface area contributed by atoms with Crippen molar-refractivity contribution in [3.63, 3.8) is 0 Å². The van der Waals surface area contributed by atoms with Gasteiger partial charge in [0, 0.05) is 12.5 Å². The van der Waals surface area contributed by atoms with E-state index in [1.54, 1.807) is 0 Å². The topological polar surface area (TPSA) is 49.3 Å². The van der Waals surface area contributed by atoms with E-state index in [0.29, 0.717) is 19.4 Å². The van der Waals surface area contributed by atoms with Crippen LogP contribution in [0.2, 0.25) is 0 Å². The Bertz CT molecular complexity index is 136. The summed E-state index contributed by atoms with van der Waals surface area (Å²) in [5.41, 5.74) is 0. The van der Waals surface area contributed by atoms with Gasteiger partial charge in [0.1, 0.15) is 5.78 Å². The van der Waals surface area contributed by atoms with Crippen LogP contribution in [0.3, 0.4) is 0 Å². The lowest BCUT2D eigenvalue weighted by atomic mass is 10.1. The van der Waals surface area contributed by atoms with Gasteiger partial charge in [0.2, 0.25) is 0 Å². The number of ketones is 1. The van der Waals surface area contributed by atoms with Gasteiger partial charge in [-0.2, -0.15) is 0 Å². The van der Waals surface area contributed by atoms with Gasteiger partial charge in [0.25, 0.3) is 0 Å². The number of rotatable bonds is 2. The molecule has 0 aromatic carbocycles. The lowest BCUT2D eigenvalue weighted by Crippen LogP contribution is -2.33. The van der Waals surface area contributed by atoms with Crippen LogP contribution in [0, 0.1) is 0 Å². The third-order valence-corrected chi connectivity index (χ3v) is 1.89. The van der Waals surface area contributed by atoms with E-state index in [0.717, 1.165) is 0 Å². The van der Waals surface area contributed by atoms with Gasteiger partial charge < -0.3 is 10.4 Å². The summed E-state index contributed by atoms with van der Waals surface area (Å²) >= 11 is 0. The van der Waals surface area contributed by atoms with E-state index in [4.69, 9.17) is 0 Å². The monoisotopic (exact) mass is 143 g/mol. The third kappa shape index (κ3) is 1.55. The summed E-state index contributed by atoms with van der Waals surface area (Å²) in [6, 6.07) is 0.0116. The van der Waals surface area contributed by atoms with Gasteiger partial charge in [0.15, 0.2) is 0 Å². The van der Waals surface area contributed by atoms with Gasteiger partial charge in [-0.3, -0.25) is 4.79 Å². The van der Waals surface area contributed by atoms with E-state index in [1.807, 2.05) is 6.92 Å². The number of hydrogen-bond donors (Lipinski definition) is 2. The van der Waals surface area contributed by atoms with Crippen LogP contribution in [-0.4, -0.2) is 29.6 Å². The Labute approximate surface area is 60.4 Å². The molecule has 0 aromatic heterocycles. The first-order valence-corrected chi connectivity index (χ1v) is 3.67. The lowest BCUT2D eigenvalue weighted by molar-refractivity contribution is -0.116. The summed E-state index contributed by atoms with van der Waals surface area (Å²) in [4.78, 5) is 10.7. The molecule has 3 heteroatoms. The predicted octanol–water partition coefficient (Wildman–Crippen LogP) is -0.312. The molecule has 58 valence electrons. The Hall–Kier alpha value is -0.410. The molecule has 0 radical (unpaired) electrons. The highest BCUT2D eigenvalue weighted by atomic mass is 16.3. The molecule has 1 heterocycles. The average Bonchev–Trinajstić information content (AvgIpc) is 2.34. The lowest BCUT2D eigenvalue weighted by Gasteiger charge is -2.14. The summed E-state index contributed by atoms with van der Waals surface area (Å²) in [5.74, 6) is 0.206. The second-order valence-corrected chi connectivity index (χ2v) is 2.71. The molecule has 0 bridgehead atoms. The molecule has 2 unspecified atom stereocenters. The van der Waals surface area contributed by atoms with Crippen LogP contribution in [-0.2, 0) is 4.79 Å². The van der Waals surface area contributed by atoms with Gasteiger partial charge in [-0.15, -0.1) is 0 Å². The molecule has 1 rings (SSSR count). The zero-order valence-electron chi connectivity index (χ0n) is 6.13. The van der Waals surface area contributed by atoms with E-state index < -0.39 is 0 Å². The summed E-state index contributed by atoms with van der Waals surface area (Å²) in [5, 5.41) is 12.2. The van der Waals surface area contributed by atoms with Crippen LogP contribution in [0.15, 0.2) is 0 Å². The van der Waals surface area contributed by atoms with Crippen molar-refractivity contribution in [3.05, 3.63) is 0 Å². The molecule has 2 atom stereocenters. The number of Topliss-reactive ketones (excluding diaryl/α,β-unsaturated/α-hetero) is 1. The van der Waals surface area contributed by atoms with Crippen molar-refractivity contribution in [3.8, 4) is 0 Å². The maximum Gasteiger partial charge on any atom is 0.148 e. The first kappa shape index (κ1) is 7.69. The van der Waals surface area contributed by atoms with Crippen molar-refractivity contribution < 1.29 is 9.90 Å². The standard InChI is InChI=1S/C7H13NO2/c1-2-7(10)6-3-5(9)4-8-6/h6-8,10H,2-4H2,1H3. The van der Waals surface area contributed by atoms with Crippen LogP contribution in [0.25, 0.3) is 0 Å². The highest BCUT2D eigenvalue weighted by Crippen LogP contribution is 2.08. The SMILES string of the molecule is CCC(O)C1CC(=O)CN1. The minimum Gasteiger partial charge on any atom is -0.392 e. The van der Waals surface area contributed by atoms with Crippen LogP contribution in [0.4, 0.5) is 0 Å². The van der Waals surface area contributed by atoms with E-state index in [9.17, 15) is 9.90 Å². The molecule has 0 amide bonds. The van der Waals surface area contributed by atoms with E-state index in [2.05, 4.69) is 5.32 Å². The highest BCUT2D eigenvalue weighted by molar-refractivity contribution is 5.83. The molecule has 2 N–H and O–H groups in total. The second kappa shape index (κ2) is 3.12. The van der Waals surface area contributed by atoms with Crippen molar-refractivity contribution in [2.75, 3.05) is 6.54 Å². The summed E-state index contributed by atoms with van der Waals surface area (Å²) in [6.45, 7) is 2.34. The largest absolute Gasteiger partial charge is 0.392 e. The van der Waals surface area contributed by atoms with Gasteiger partial charge in [-0.1, -0.05) is 6.92 Å². The van der Waals surface area contributed by atoms with Gasteiger partial charge in [-0.25, -0.2) is 0 Å². The van der Waals surface area contributed by atoms with Crippen molar-refractivity contribution in [2.24, 2.45) is 0 Å². The normalized spacial score (nSPS) is 29.0. The molecule has 1 aliphatic heterocycles. The van der Waals surface area contributed by atoms with Crippen LogP contribution < -0.4 is 5.32 Å². The molecule has 1 fully saturated rings. The van der Waals surface area contributed by atoms with E-state index >= 15 is 0 Å². The molecule has 3 nitrogen and oxygen atoms in total. The second-order valence-electron chi connectivity index (χ2n) is 2.71. The fraction of sp³-hybridized carbons (Fsp3) is 0.857. The van der Waals surface area contributed by atoms with Crippen molar-refractivity contribution in [2.45, 2.75) is 31.9 Å². The van der Waals surface area contributed by atoms with Gasteiger partial charge in [0.05, 0.1) is 12.6 Å². The number of carbonyl (C=O) groups is 1. The van der Waals surface area contributed by atoms with Crippen molar-refractivity contribution >= 4 is 5.78 Å². The number of aliphatic hydroxyl groups excluding tert-OH is 1. The molecule has 0 saturated carbocycles. The Morgan fingerprint density at radius 2 is 2.60 bits per heavy atom. The first-order chi connectivity index (χ1) is 4.74. The molecule has 10 heavy (non-hydrogen) atoms. The zero-order chi connectivity index (χ0) is 7.56. The number of aliphatic hydroxyl groups is 1. The van der Waals surface area contributed by atoms with E-state index in [-0.39, 0.29) is 17.9 Å². The number of nitrogens with one attached hydrogen (secondary N) is 1. The molecule has 0 aliphatic carbocycles. The number of hydrogen-bond acceptors (Lipinski definition) is 3. The Balaban J connectivity index is 2.36. The highest BCUT2D eigenvalue weighted by Gasteiger charge is 2.26. The fourth-order valence-corrected chi connectivity index (χ4v) is 1.19. The summed E-state index contributed by atoms with van der Waals surface area (Å²) in [7, 11) is 0. The maximum absolute atomic E-state index is 10.7. The van der Waals surface area contributed by atoms with Gasteiger partial charge >= 0.3 is 0 Å². The third-order valence-electron chi connectivity index (χ3n) is 1.89. The first-order valence-electron chi connectivity index (χ1n) is 3.67. The van der Waals surface area contributed by atoms with Crippen LogP contribution >= 0.6 is 0 Å². The Morgan fingerprint density at radius 3 is 3.00 bits per heavy atom. The molecular weight excluding hydrogens is 130 g/mol. The Morgan fingerprint density at radius 1 is 1.90 bits per heavy atom. The Kier molecular flexibility index (Phi) is 2.40. The van der Waals surface area contributed by atoms with Crippen molar-refractivity contribution in [1.82, 2.24) is 5.32 Å². The molecule has 1 aliphatic rings. The zero-order valence-corrected chi connectivity index (χ0v) is 6.13. The minimum atomic E-state index is -0.355. The van der Waals surface area contributed by atoms with E-state index in [1.165, 1.54) is 0 Å². The predicted molar refractivity (Wildman–Crippen MR) is 37.7 cm³/mol. The van der Waals surface area contributed by atoms with Crippen LogP contribution in [0.5, 0.6) is 0 Å². The van der Waals surface area contributed by atoms with Crippen molar-refractivity contribution in [1.29, 1.82) is 0 Å². The fourth-order valence-electron chi connectivity index (χ4n) is 1.19. The maximum atomic E-state index is 10.7. The van der Waals surface area contributed by atoms with Gasteiger partial charge in [-0.05, 0) is 6.42 Å². The molecule has 1 saturated heterocycles. The summed E-state index contributed by atoms with van der Waals surface area (Å²) < 4.78 is 0. The number of carbonyl (C=O) groups excluding carboxylic acids is 1. The average molecular weight is 143 g/mol. The summed E-state index contributed by atoms with van der Waals surface area (Å²) in [6.07, 6.45) is 0.853. The molecule has 0 aromatic rings. The molecular formula is C7H13NO2. The molecule has 0 spiro atoms.